The second-order valence-corrected chi connectivity index (χ2v) is 5.96. The summed E-state index contributed by atoms with van der Waals surface area (Å²) < 4.78 is 5.70. The predicted molar refractivity (Wildman–Crippen MR) is 80.1 cm³/mol. The summed E-state index contributed by atoms with van der Waals surface area (Å²) in [4.78, 5) is 13.5. The highest BCUT2D eigenvalue weighted by atomic mass is 16.5. The molecule has 4 heteroatoms. The van der Waals surface area contributed by atoms with Crippen molar-refractivity contribution in [1.82, 2.24) is 0 Å². The van der Waals surface area contributed by atoms with Gasteiger partial charge >= 0.3 is 0 Å². The van der Waals surface area contributed by atoms with E-state index in [1.54, 1.807) is 0 Å². The van der Waals surface area contributed by atoms with Crippen LogP contribution < -0.4 is 10.2 Å². The number of anilines is 1. The third kappa shape index (κ3) is 4.05. The number of nitrogens with one attached hydrogen (secondary N) is 2. The van der Waals surface area contributed by atoms with Crippen molar-refractivity contribution >= 4 is 11.6 Å². The van der Waals surface area contributed by atoms with Crippen molar-refractivity contribution in [3.63, 3.8) is 0 Å². The van der Waals surface area contributed by atoms with E-state index >= 15 is 0 Å². The first-order valence-corrected chi connectivity index (χ1v) is 7.30. The molecule has 110 valence electrons. The van der Waals surface area contributed by atoms with Gasteiger partial charge in [-0.2, -0.15) is 0 Å². The highest BCUT2D eigenvalue weighted by Gasteiger charge is 2.27. The Morgan fingerprint density at radius 3 is 2.60 bits per heavy atom. The Morgan fingerprint density at radius 1 is 1.30 bits per heavy atom. The first kappa shape index (κ1) is 15.0. The van der Waals surface area contributed by atoms with Crippen LogP contribution >= 0.6 is 0 Å². The summed E-state index contributed by atoms with van der Waals surface area (Å²) in [5.41, 5.74) is 3.18. The molecule has 1 saturated heterocycles. The average molecular weight is 277 g/mol. The lowest BCUT2D eigenvalue weighted by Crippen LogP contribution is -3.16. The van der Waals surface area contributed by atoms with Crippen LogP contribution in [0.2, 0.25) is 0 Å². The van der Waals surface area contributed by atoms with E-state index in [-0.39, 0.29) is 18.1 Å². The molecule has 0 spiro atoms. The molecule has 0 bridgehead atoms. The Labute approximate surface area is 121 Å². The number of amides is 1. The minimum absolute atomic E-state index is 0.0787. The second kappa shape index (κ2) is 6.37. The van der Waals surface area contributed by atoms with Gasteiger partial charge < -0.3 is 15.0 Å². The van der Waals surface area contributed by atoms with Gasteiger partial charge in [0.05, 0.1) is 0 Å². The molecule has 1 fully saturated rings. The number of hydrogen-bond donors (Lipinski definition) is 2. The normalized spacial score (nSPS) is 26.3. The average Bonchev–Trinajstić information content (AvgIpc) is 2.32. The molecule has 1 amide bonds. The first-order chi connectivity index (χ1) is 9.44. The van der Waals surface area contributed by atoms with Gasteiger partial charge in [-0.05, 0) is 44.9 Å². The molecule has 1 unspecified atom stereocenters. The lowest BCUT2D eigenvalue weighted by Gasteiger charge is -2.31. The fourth-order valence-electron chi connectivity index (χ4n) is 2.83. The molecule has 1 aromatic rings. The molecule has 1 heterocycles. The molecule has 2 N–H and O–H groups in total. The van der Waals surface area contributed by atoms with E-state index in [9.17, 15) is 4.79 Å². The minimum Gasteiger partial charge on any atom is -0.364 e. The molecule has 0 aliphatic carbocycles. The minimum atomic E-state index is 0.0787. The highest BCUT2D eigenvalue weighted by Crippen LogP contribution is 2.15. The van der Waals surface area contributed by atoms with Crippen LogP contribution in [0, 0.1) is 13.8 Å². The Morgan fingerprint density at radius 2 is 1.95 bits per heavy atom. The first-order valence-electron chi connectivity index (χ1n) is 7.30. The summed E-state index contributed by atoms with van der Waals surface area (Å²) in [6, 6.07) is 6.12. The number of benzene rings is 1. The summed E-state index contributed by atoms with van der Waals surface area (Å²) in [6.45, 7) is 10.5. The third-order valence-electron chi connectivity index (χ3n) is 3.69. The van der Waals surface area contributed by atoms with Crippen molar-refractivity contribution in [3.8, 4) is 0 Å². The zero-order valence-electron chi connectivity index (χ0n) is 12.8. The van der Waals surface area contributed by atoms with E-state index in [1.807, 2.05) is 26.0 Å². The molecule has 0 saturated carbocycles. The second-order valence-electron chi connectivity index (χ2n) is 5.96. The van der Waals surface area contributed by atoms with Crippen LogP contribution in [0.1, 0.15) is 25.0 Å². The summed E-state index contributed by atoms with van der Waals surface area (Å²) >= 11 is 0. The van der Waals surface area contributed by atoms with Gasteiger partial charge in [-0.15, -0.1) is 0 Å². The van der Waals surface area contributed by atoms with Crippen LogP contribution in [-0.4, -0.2) is 37.7 Å². The molecule has 1 aromatic carbocycles. The summed E-state index contributed by atoms with van der Waals surface area (Å²) in [5, 5.41) is 3.03. The Balaban J connectivity index is 1.93. The number of quaternary nitrogens is 1. The molecule has 20 heavy (non-hydrogen) atoms. The van der Waals surface area contributed by atoms with E-state index < -0.39 is 0 Å². The van der Waals surface area contributed by atoms with Gasteiger partial charge in [0, 0.05) is 5.69 Å². The van der Waals surface area contributed by atoms with Crippen molar-refractivity contribution in [1.29, 1.82) is 0 Å². The molecular formula is C16H25N2O2+. The summed E-state index contributed by atoms with van der Waals surface area (Å²) in [7, 11) is 0. The number of rotatable bonds is 3. The van der Waals surface area contributed by atoms with Crippen molar-refractivity contribution in [3.05, 3.63) is 29.3 Å². The van der Waals surface area contributed by atoms with Crippen molar-refractivity contribution in [2.24, 2.45) is 0 Å². The van der Waals surface area contributed by atoms with Gasteiger partial charge in [-0.25, -0.2) is 0 Å². The zero-order chi connectivity index (χ0) is 14.7. The maximum Gasteiger partial charge on any atom is 0.279 e. The van der Waals surface area contributed by atoms with Crippen molar-refractivity contribution < 1.29 is 14.4 Å². The Bertz CT molecular complexity index is 477. The highest BCUT2D eigenvalue weighted by molar-refractivity contribution is 5.92. The number of hydrogen-bond acceptors (Lipinski definition) is 2. The SMILES string of the molecule is Cc1ccc(C)c(NC(=O)C[NH+]2C[C@@H](C)O[C@@H](C)C2)c1. The van der Waals surface area contributed by atoms with Gasteiger partial charge in [0.15, 0.2) is 6.54 Å². The van der Waals surface area contributed by atoms with Gasteiger partial charge in [0.2, 0.25) is 0 Å². The smallest absolute Gasteiger partial charge is 0.279 e. The van der Waals surface area contributed by atoms with Crippen molar-refractivity contribution in [2.45, 2.75) is 39.9 Å². The number of aryl methyl sites for hydroxylation is 2. The lowest BCUT2D eigenvalue weighted by atomic mass is 10.1. The maximum atomic E-state index is 12.2. The van der Waals surface area contributed by atoms with Gasteiger partial charge in [0.1, 0.15) is 25.3 Å². The Hall–Kier alpha value is -1.39. The van der Waals surface area contributed by atoms with Gasteiger partial charge in [-0.3, -0.25) is 4.79 Å². The molecule has 2 rings (SSSR count). The Kier molecular flexibility index (Phi) is 4.78. The zero-order valence-corrected chi connectivity index (χ0v) is 12.8. The van der Waals surface area contributed by atoms with Crippen LogP contribution in [0.4, 0.5) is 5.69 Å². The summed E-state index contributed by atoms with van der Waals surface area (Å²) in [5.74, 6) is 0.0787. The number of carbonyl (C=O) groups is 1. The maximum absolute atomic E-state index is 12.2. The fourth-order valence-corrected chi connectivity index (χ4v) is 2.83. The topological polar surface area (TPSA) is 42.8 Å². The molecule has 1 aliphatic rings. The van der Waals surface area contributed by atoms with Crippen LogP contribution in [-0.2, 0) is 9.53 Å². The van der Waals surface area contributed by atoms with E-state index in [4.69, 9.17) is 4.74 Å². The monoisotopic (exact) mass is 277 g/mol. The quantitative estimate of drug-likeness (QED) is 0.863. The van der Waals surface area contributed by atoms with Crippen molar-refractivity contribution in [2.75, 3.05) is 25.0 Å². The van der Waals surface area contributed by atoms with E-state index in [2.05, 4.69) is 25.2 Å². The molecule has 1 aliphatic heterocycles. The van der Waals surface area contributed by atoms with Crippen LogP contribution in [0.5, 0.6) is 0 Å². The van der Waals surface area contributed by atoms with E-state index in [0.717, 1.165) is 29.9 Å². The van der Waals surface area contributed by atoms with E-state index in [1.165, 1.54) is 4.90 Å². The van der Waals surface area contributed by atoms with Gasteiger partial charge in [0.25, 0.3) is 5.91 Å². The fraction of sp³-hybridized carbons (Fsp3) is 0.562. The number of morpholine rings is 1. The van der Waals surface area contributed by atoms with Gasteiger partial charge in [-0.1, -0.05) is 12.1 Å². The number of carbonyl (C=O) groups excluding carboxylic acids is 1. The summed E-state index contributed by atoms with van der Waals surface area (Å²) in [6.07, 6.45) is 0.449. The molecule has 0 radical (unpaired) electrons. The standard InChI is InChI=1S/C16H24N2O2/c1-11-5-6-12(2)15(7-11)17-16(19)10-18-8-13(3)20-14(4)9-18/h5-7,13-14H,8-10H2,1-4H3,(H,17,19)/p+1/t13-,14+. The van der Waals surface area contributed by atoms with Crippen LogP contribution in [0.15, 0.2) is 18.2 Å². The lowest BCUT2D eigenvalue weighted by molar-refractivity contribution is -0.907. The van der Waals surface area contributed by atoms with Crippen LogP contribution in [0.25, 0.3) is 0 Å². The number of ether oxygens (including phenoxy) is 1. The molecule has 3 atom stereocenters. The molecule has 4 nitrogen and oxygen atoms in total. The molecular weight excluding hydrogens is 252 g/mol. The molecule has 0 aromatic heterocycles. The van der Waals surface area contributed by atoms with E-state index in [0.29, 0.717) is 6.54 Å². The van der Waals surface area contributed by atoms with Crippen LogP contribution in [0.3, 0.4) is 0 Å². The predicted octanol–water partition coefficient (Wildman–Crippen LogP) is 0.934. The largest absolute Gasteiger partial charge is 0.364 e. The third-order valence-corrected chi connectivity index (χ3v) is 3.69.